The van der Waals surface area contributed by atoms with Crippen LogP contribution in [0, 0.1) is 5.92 Å². The summed E-state index contributed by atoms with van der Waals surface area (Å²) in [4.78, 5) is 14.5. The van der Waals surface area contributed by atoms with Crippen LogP contribution in [-0.2, 0) is 4.79 Å². The van der Waals surface area contributed by atoms with Crippen molar-refractivity contribution in [3.63, 3.8) is 0 Å². The second-order valence-electron chi connectivity index (χ2n) is 6.99. The fraction of sp³-hybridized carbons (Fsp3) is 0.611. The third-order valence-electron chi connectivity index (χ3n) is 4.78. The highest BCUT2D eigenvalue weighted by Gasteiger charge is 2.34. The van der Waals surface area contributed by atoms with Gasteiger partial charge in [0.2, 0.25) is 5.91 Å². The average Bonchev–Trinajstić information content (AvgIpc) is 2.90. The quantitative estimate of drug-likeness (QED) is 0.836. The fourth-order valence-corrected chi connectivity index (χ4v) is 3.11. The molecule has 0 aliphatic carbocycles. The van der Waals surface area contributed by atoms with Gasteiger partial charge in [-0.1, -0.05) is 37.3 Å². The molecule has 0 aromatic heterocycles. The number of nitrogens with two attached hydrogens (primary N) is 1. The van der Waals surface area contributed by atoms with Crippen LogP contribution in [-0.4, -0.2) is 42.5 Å². The number of hydrogen-bond donors (Lipinski definition) is 2. The topological polar surface area (TPSA) is 58.4 Å². The predicted molar refractivity (Wildman–Crippen MR) is 97.9 cm³/mol. The molecule has 1 heterocycles. The summed E-state index contributed by atoms with van der Waals surface area (Å²) in [6, 6.07) is 10.5. The van der Waals surface area contributed by atoms with E-state index in [4.69, 9.17) is 5.73 Å². The second-order valence-corrected chi connectivity index (χ2v) is 6.99. The van der Waals surface area contributed by atoms with E-state index in [1.165, 1.54) is 5.56 Å². The SMILES string of the molecule is CCC(C)(C)NC(=O)CN1C[C@@H](CN)[C@H](c2ccccc2)C1.Cl. The van der Waals surface area contributed by atoms with Gasteiger partial charge in [0.15, 0.2) is 0 Å². The van der Waals surface area contributed by atoms with Crippen LogP contribution < -0.4 is 11.1 Å². The molecule has 1 aromatic rings. The summed E-state index contributed by atoms with van der Waals surface area (Å²) in [5.74, 6) is 0.962. The number of rotatable bonds is 6. The van der Waals surface area contributed by atoms with Gasteiger partial charge < -0.3 is 11.1 Å². The summed E-state index contributed by atoms with van der Waals surface area (Å²) < 4.78 is 0. The van der Waals surface area contributed by atoms with E-state index >= 15 is 0 Å². The zero-order chi connectivity index (χ0) is 16.2. The molecular formula is C18H30ClN3O. The van der Waals surface area contributed by atoms with E-state index < -0.39 is 0 Å². The van der Waals surface area contributed by atoms with E-state index in [0.717, 1.165) is 19.5 Å². The lowest BCUT2D eigenvalue weighted by molar-refractivity contribution is -0.123. The minimum atomic E-state index is -0.136. The number of halogens is 1. The largest absolute Gasteiger partial charge is 0.350 e. The Hall–Kier alpha value is -1.10. The van der Waals surface area contributed by atoms with Gasteiger partial charge in [-0.15, -0.1) is 12.4 Å². The van der Waals surface area contributed by atoms with Crippen LogP contribution in [0.25, 0.3) is 0 Å². The first kappa shape index (κ1) is 19.9. The smallest absolute Gasteiger partial charge is 0.234 e. The van der Waals surface area contributed by atoms with E-state index in [2.05, 4.69) is 55.3 Å². The first-order valence-electron chi connectivity index (χ1n) is 8.23. The molecule has 1 saturated heterocycles. The van der Waals surface area contributed by atoms with Gasteiger partial charge in [-0.05, 0) is 38.3 Å². The summed E-state index contributed by atoms with van der Waals surface area (Å²) in [6.45, 7) is 9.14. The van der Waals surface area contributed by atoms with Gasteiger partial charge >= 0.3 is 0 Å². The molecular weight excluding hydrogens is 310 g/mol. The number of nitrogens with zero attached hydrogens (tertiary/aromatic N) is 1. The minimum absolute atomic E-state index is 0. The number of nitrogens with one attached hydrogen (secondary N) is 1. The highest BCUT2D eigenvalue weighted by atomic mass is 35.5. The average molecular weight is 340 g/mol. The van der Waals surface area contributed by atoms with Gasteiger partial charge in [0.25, 0.3) is 0 Å². The van der Waals surface area contributed by atoms with Crippen molar-refractivity contribution in [1.82, 2.24) is 10.2 Å². The number of likely N-dealkylation sites (tertiary alicyclic amines) is 1. The Bertz CT molecular complexity index is 492. The molecule has 0 saturated carbocycles. The fourth-order valence-electron chi connectivity index (χ4n) is 3.11. The van der Waals surface area contributed by atoms with Crippen LogP contribution in [0.2, 0.25) is 0 Å². The third kappa shape index (κ3) is 5.48. The third-order valence-corrected chi connectivity index (χ3v) is 4.78. The molecule has 4 nitrogen and oxygen atoms in total. The number of carbonyl (C=O) groups is 1. The molecule has 1 fully saturated rings. The van der Waals surface area contributed by atoms with Crippen molar-refractivity contribution in [2.45, 2.75) is 38.6 Å². The van der Waals surface area contributed by atoms with Crippen LogP contribution in [0.15, 0.2) is 30.3 Å². The number of amides is 1. The lowest BCUT2D eigenvalue weighted by atomic mass is 9.89. The molecule has 1 aromatic carbocycles. The molecule has 0 radical (unpaired) electrons. The van der Waals surface area contributed by atoms with E-state index in [1.807, 2.05) is 6.07 Å². The Morgan fingerprint density at radius 2 is 1.96 bits per heavy atom. The maximum absolute atomic E-state index is 12.2. The van der Waals surface area contributed by atoms with Crippen molar-refractivity contribution < 1.29 is 4.79 Å². The van der Waals surface area contributed by atoms with Crippen molar-refractivity contribution in [3.8, 4) is 0 Å². The van der Waals surface area contributed by atoms with E-state index in [-0.39, 0.29) is 23.9 Å². The van der Waals surface area contributed by atoms with Crippen LogP contribution in [0.3, 0.4) is 0 Å². The molecule has 1 aliphatic rings. The van der Waals surface area contributed by atoms with Crippen molar-refractivity contribution >= 4 is 18.3 Å². The van der Waals surface area contributed by atoms with Gasteiger partial charge in [0.1, 0.15) is 0 Å². The molecule has 0 unspecified atom stereocenters. The lowest BCUT2D eigenvalue weighted by Crippen LogP contribution is -2.47. The van der Waals surface area contributed by atoms with Crippen LogP contribution in [0.4, 0.5) is 0 Å². The Morgan fingerprint density at radius 3 is 2.52 bits per heavy atom. The summed E-state index contributed by atoms with van der Waals surface area (Å²) in [7, 11) is 0. The van der Waals surface area contributed by atoms with E-state index in [0.29, 0.717) is 24.9 Å². The molecule has 1 amide bonds. The molecule has 1 aliphatic heterocycles. The zero-order valence-corrected chi connectivity index (χ0v) is 15.2. The standard InChI is InChI=1S/C18H29N3O.ClH/c1-4-18(2,3)20-17(22)13-21-11-15(10-19)16(12-21)14-8-6-5-7-9-14;/h5-9,15-16H,4,10-13,19H2,1-3H3,(H,20,22);1H/t15-,16+;/m1./s1. The normalized spacial score (nSPS) is 21.7. The Labute approximate surface area is 146 Å². The monoisotopic (exact) mass is 339 g/mol. The summed E-state index contributed by atoms with van der Waals surface area (Å²) in [6.07, 6.45) is 0.927. The summed E-state index contributed by atoms with van der Waals surface area (Å²) in [5, 5.41) is 3.11. The van der Waals surface area contributed by atoms with Crippen LogP contribution in [0.5, 0.6) is 0 Å². The van der Waals surface area contributed by atoms with Gasteiger partial charge in [-0.25, -0.2) is 0 Å². The van der Waals surface area contributed by atoms with E-state index in [1.54, 1.807) is 0 Å². The maximum atomic E-state index is 12.2. The Balaban J connectivity index is 0.00000264. The lowest BCUT2D eigenvalue weighted by Gasteiger charge is -2.26. The van der Waals surface area contributed by atoms with Crippen molar-refractivity contribution in [2.75, 3.05) is 26.2 Å². The van der Waals surface area contributed by atoms with Crippen molar-refractivity contribution in [3.05, 3.63) is 35.9 Å². The van der Waals surface area contributed by atoms with Gasteiger partial charge in [0.05, 0.1) is 6.54 Å². The molecule has 130 valence electrons. The second kappa shape index (κ2) is 8.67. The number of carbonyl (C=O) groups excluding carboxylic acids is 1. The Kier molecular flexibility index (Phi) is 7.52. The number of benzene rings is 1. The predicted octanol–water partition coefficient (Wildman–Crippen LogP) is 2.39. The molecule has 3 N–H and O–H groups in total. The summed E-state index contributed by atoms with van der Waals surface area (Å²) >= 11 is 0. The minimum Gasteiger partial charge on any atom is -0.350 e. The van der Waals surface area contributed by atoms with Gasteiger partial charge in [-0.3, -0.25) is 9.69 Å². The van der Waals surface area contributed by atoms with Crippen LogP contribution >= 0.6 is 12.4 Å². The highest BCUT2D eigenvalue weighted by Crippen LogP contribution is 2.31. The van der Waals surface area contributed by atoms with E-state index in [9.17, 15) is 4.79 Å². The zero-order valence-electron chi connectivity index (χ0n) is 14.4. The van der Waals surface area contributed by atoms with Crippen molar-refractivity contribution in [2.24, 2.45) is 11.7 Å². The molecule has 2 atom stereocenters. The molecule has 0 spiro atoms. The van der Waals surface area contributed by atoms with Crippen LogP contribution in [0.1, 0.15) is 38.7 Å². The first-order valence-corrected chi connectivity index (χ1v) is 8.23. The molecule has 5 heteroatoms. The van der Waals surface area contributed by atoms with Crippen molar-refractivity contribution in [1.29, 1.82) is 0 Å². The Morgan fingerprint density at radius 1 is 1.30 bits per heavy atom. The first-order chi connectivity index (χ1) is 10.4. The molecule has 23 heavy (non-hydrogen) atoms. The molecule has 0 bridgehead atoms. The number of hydrogen-bond acceptors (Lipinski definition) is 3. The maximum Gasteiger partial charge on any atom is 0.234 e. The summed E-state index contributed by atoms with van der Waals surface area (Å²) in [5.41, 5.74) is 7.14. The van der Waals surface area contributed by atoms with Gasteiger partial charge in [-0.2, -0.15) is 0 Å². The molecule has 2 rings (SSSR count). The highest BCUT2D eigenvalue weighted by molar-refractivity contribution is 5.85. The van der Waals surface area contributed by atoms with Gasteiger partial charge in [0, 0.05) is 24.5 Å².